The summed E-state index contributed by atoms with van der Waals surface area (Å²) in [5.41, 5.74) is 7.61. The maximum Gasteiger partial charge on any atom is 0.0635 e. The third kappa shape index (κ3) is 3.81. The monoisotopic (exact) mass is 301 g/mol. The number of nitrogens with zero attached hydrogens (tertiary/aromatic N) is 2. The van der Waals surface area contributed by atoms with Gasteiger partial charge in [0.15, 0.2) is 0 Å². The van der Waals surface area contributed by atoms with Gasteiger partial charge < -0.3 is 5.73 Å². The van der Waals surface area contributed by atoms with Gasteiger partial charge in [-0.3, -0.25) is 4.68 Å². The minimum Gasteiger partial charge on any atom is -0.327 e. The Kier molecular flexibility index (Phi) is 4.78. The molecule has 17 heavy (non-hydrogen) atoms. The van der Waals surface area contributed by atoms with Gasteiger partial charge in [-0.1, -0.05) is 20.8 Å². The Morgan fingerprint density at radius 1 is 1.41 bits per heavy atom. The Bertz CT molecular complexity index is 363. The Labute approximate surface area is 113 Å². The molecule has 1 atom stereocenters. The van der Waals surface area contributed by atoms with Crippen molar-refractivity contribution in [3.05, 3.63) is 16.4 Å². The van der Waals surface area contributed by atoms with Crippen LogP contribution in [0.15, 0.2) is 10.7 Å². The molecule has 1 aromatic rings. The van der Waals surface area contributed by atoms with Gasteiger partial charge in [-0.2, -0.15) is 5.10 Å². The van der Waals surface area contributed by atoms with Crippen molar-refractivity contribution in [1.29, 1.82) is 0 Å². The average Bonchev–Trinajstić information content (AvgIpc) is 2.54. The minimum absolute atomic E-state index is 0.162. The van der Waals surface area contributed by atoms with Crippen LogP contribution in [0, 0.1) is 5.41 Å². The highest BCUT2D eigenvalue weighted by Crippen LogP contribution is 2.25. The summed E-state index contributed by atoms with van der Waals surface area (Å²) in [5, 5.41) is 4.38. The van der Waals surface area contributed by atoms with Gasteiger partial charge in [0, 0.05) is 12.1 Å². The fourth-order valence-electron chi connectivity index (χ4n) is 1.77. The molecule has 0 radical (unpaired) electrons. The van der Waals surface area contributed by atoms with Crippen LogP contribution in [0.3, 0.4) is 0 Å². The van der Waals surface area contributed by atoms with Crippen molar-refractivity contribution >= 4 is 15.9 Å². The lowest BCUT2D eigenvalue weighted by atomic mass is 9.84. The molecule has 0 aromatic carbocycles. The van der Waals surface area contributed by atoms with Crippen LogP contribution in [0.5, 0.6) is 0 Å². The van der Waals surface area contributed by atoms with E-state index in [1.54, 1.807) is 0 Å². The maximum absolute atomic E-state index is 6.20. The molecule has 98 valence electrons. The topological polar surface area (TPSA) is 43.8 Å². The van der Waals surface area contributed by atoms with Crippen molar-refractivity contribution in [3.63, 3.8) is 0 Å². The molecule has 0 saturated carbocycles. The number of nitrogens with two attached hydrogens (primary N) is 1. The molecule has 3 nitrogen and oxygen atoms in total. The zero-order chi connectivity index (χ0) is 13.2. The second-order valence-electron chi connectivity index (χ2n) is 5.99. The van der Waals surface area contributed by atoms with Gasteiger partial charge >= 0.3 is 0 Å². The standard InChI is InChI=1S/C13H24BrN3/c1-9(2)17-11(10(14)8-16-17)6-7-12(15)13(3,4)5/h8-9,12H,6-7,15H2,1-5H3. The fourth-order valence-corrected chi connectivity index (χ4v) is 2.24. The number of hydrogen-bond acceptors (Lipinski definition) is 2. The molecule has 1 rings (SSSR count). The van der Waals surface area contributed by atoms with Crippen LogP contribution >= 0.6 is 15.9 Å². The molecule has 0 saturated heterocycles. The van der Waals surface area contributed by atoms with Gasteiger partial charge in [-0.05, 0) is 48.0 Å². The fraction of sp³-hybridized carbons (Fsp3) is 0.769. The number of rotatable bonds is 4. The summed E-state index contributed by atoms with van der Waals surface area (Å²) in [4.78, 5) is 0. The third-order valence-electron chi connectivity index (χ3n) is 3.14. The van der Waals surface area contributed by atoms with E-state index in [2.05, 4.69) is 60.3 Å². The predicted octanol–water partition coefficient (Wildman–Crippen LogP) is 3.53. The summed E-state index contributed by atoms with van der Waals surface area (Å²) < 4.78 is 3.16. The lowest BCUT2D eigenvalue weighted by Gasteiger charge is -2.27. The van der Waals surface area contributed by atoms with Crippen LogP contribution in [0.2, 0.25) is 0 Å². The van der Waals surface area contributed by atoms with Gasteiger partial charge in [-0.15, -0.1) is 0 Å². The molecule has 0 aliphatic rings. The first-order chi connectivity index (χ1) is 7.73. The lowest BCUT2D eigenvalue weighted by molar-refractivity contribution is 0.303. The van der Waals surface area contributed by atoms with E-state index in [0.717, 1.165) is 17.3 Å². The van der Waals surface area contributed by atoms with Gasteiger partial charge in [0.05, 0.1) is 16.4 Å². The van der Waals surface area contributed by atoms with Crippen LogP contribution in [0.4, 0.5) is 0 Å². The van der Waals surface area contributed by atoms with Gasteiger partial charge in [0.2, 0.25) is 0 Å². The summed E-state index contributed by atoms with van der Waals surface area (Å²) in [6, 6.07) is 0.604. The zero-order valence-electron chi connectivity index (χ0n) is 11.5. The van der Waals surface area contributed by atoms with E-state index >= 15 is 0 Å². The van der Waals surface area contributed by atoms with Crippen LogP contribution in [0.1, 0.15) is 52.8 Å². The number of aromatic nitrogens is 2. The second kappa shape index (κ2) is 5.53. The van der Waals surface area contributed by atoms with Crippen LogP contribution in [0.25, 0.3) is 0 Å². The van der Waals surface area contributed by atoms with E-state index < -0.39 is 0 Å². The molecule has 1 heterocycles. The maximum atomic E-state index is 6.20. The Morgan fingerprint density at radius 2 is 2.00 bits per heavy atom. The number of halogens is 1. The van der Waals surface area contributed by atoms with Crippen molar-refractivity contribution in [1.82, 2.24) is 9.78 Å². The van der Waals surface area contributed by atoms with Gasteiger partial charge in [0.1, 0.15) is 0 Å². The van der Waals surface area contributed by atoms with Crippen molar-refractivity contribution in [2.45, 2.75) is 59.5 Å². The van der Waals surface area contributed by atoms with Gasteiger partial charge in [-0.25, -0.2) is 0 Å². The lowest BCUT2D eigenvalue weighted by Crippen LogP contribution is -2.35. The summed E-state index contributed by atoms with van der Waals surface area (Å²) >= 11 is 3.56. The Morgan fingerprint density at radius 3 is 2.47 bits per heavy atom. The molecular formula is C13H24BrN3. The Hall–Kier alpha value is -0.350. The van der Waals surface area contributed by atoms with Crippen molar-refractivity contribution in [2.75, 3.05) is 0 Å². The first-order valence-corrected chi connectivity index (χ1v) is 7.00. The average molecular weight is 302 g/mol. The summed E-state index contributed by atoms with van der Waals surface area (Å²) in [6.45, 7) is 10.9. The normalized spacial score (nSPS) is 14.4. The smallest absolute Gasteiger partial charge is 0.0635 e. The minimum atomic E-state index is 0.162. The molecule has 0 spiro atoms. The van der Waals surface area contributed by atoms with E-state index in [1.807, 2.05) is 6.20 Å². The first kappa shape index (κ1) is 14.7. The molecule has 2 N–H and O–H groups in total. The van der Waals surface area contributed by atoms with E-state index in [1.165, 1.54) is 5.69 Å². The van der Waals surface area contributed by atoms with Crippen molar-refractivity contribution < 1.29 is 0 Å². The van der Waals surface area contributed by atoms with Crippen molar-refractivity contribution in [3.8, 4) is 0 Å². The van der Waals surface area contributed by atoms with Crippen LogP contribution < -0.4 is 5.73 Å². The SMILES string of the molecule is CC(C)n1ncc(Br)c1CCC(N)C(C)(C)C. The van der Waals surface area contributed by atoms with Crippen LogP contribution in [-0.2, 0) is 6.42 Å². The first-order valence-electron chi connectivity index (χ1n) is 6.21. The van der Waals surface area contributed by atoms with Crippen molar-refractivity contribution in [2.24, 2.45) is 11.1 Å². The summed E-state index contributed by atoms with van der Waals surface area (Å²) in [7, 11) is 0. The molecular weight excluding hydrogens is 278 g/mol. The third-order valence-corrected chi connectivity index (χ3v) is 3.80. The number of hydrogen-bond donors (Lipinski definition) is 1. The molecule has 0 fully saturated rings. The van der Waals surface area contributed by atoms with Gasteiger partial charge in [0.25, 0.3) is 0 Å². The highest BCUT2D eigenvalue weighted by molar-refractivity contribution is 9.10. The summed E-state index contributed by atoms with van der Waals surface area (Å²) in [5.74, 6) is 0. The molecule has 0 aliphatic heterocycles. The molecule has 0 aliphatic carbocycles. The molecule has 0 amide bonds. The van der Waals surface area contributed by atoms with Crippen LogP contribution in [-0.4, -0.2) is 15.8 Å². The largest absolute Gasteiger partial charge is 0.327 e. The van der Waals surface area contributed by atoms with E-state index in [-0.39, 0.29) is 11.5 Å². The van der Waals surface area contributed by atoms with E-state index in [0.29, 0.717) is 6.04 Å². The Balaban J connectivity index is 2.72. The van der Waals surface area contributed by atoms with E-state index in [9.17, 15) is 0 Å². The highest BCUT2D eigenvalue weighted by Gasteiger charge is 2.21. The summed E-state index contributed by atoms with van der Waals surface area (Å²) in [6.07, 6.45) is 3.83. The molecule has 4 heteroatoms. The molecule has 1 aromatic heterocycles. The highest BCUT2D eigenvalue weighted by atomic mass is 79.9. The predicted molar refractivity (Wildman–Crippen MR) is 76.1 cm³/mol. The quantitative estimate of drug-likeness (QED) is 0.924. The second-order valence-corrected chi connectivity index (χ2v) is 6.84. The molecule has 0 bridgehead atoms. The van der Waals surface area contributed by atoms with E-state index in [4.69, 9.17) is 5.73 Å². The molecule has 1 unspecified atom stereocenters. The zero-order valence-corrected chi connectivity index (χ0v) is 13.1.